The Balaban J connectivity index is 1.47. The molecule has 0 bridgehead atoms. The fraction of sp³-hybridized carbons (Fsp3) is 0.524. The van der Waals surface area contributed by atoms with Gasteiger partial charge in [-0.15, -0.1) is 0 Å². The van der Waals surface area contributed by atoms with Crippen molar-refractivity contribution < 1.29 is 9.32 Å². The molecule has 0 aromatic carbocycles. The minimum atomic E-state index is -1.18. The normalized spacial score (nSPS) is 22.1. The zero-order valence-corrected chi connectivity index (χ0v) is 19.5. The molecule has 0 unspecified atom stereocenters. The maximum Gasteiger partial charge on any atom is 0.229 e. The Morgan fingerprint density at radius 3 is 2.66 bits per heavy atom. The molecule has 2 aromatic rings. The second-order valence-electron chi connectivity index (χ2n) is 8.56. The smallest absolute Gasteiger partial charge is 0.229 e. The van der Waals surface area contributed by atoms with E-state index in [0.29, 0.717) is 58.7 Å². The van der Waals surface area contributed by atoms with Crippen molar-refractivity contribution in [1.29, 1.82) is 0 Å². The highest BCUT2D eigenvalue weighted by Crippen LogP contribution is 2.39. The number of nitrogens with one attached hydrogen (secondary N) is 1. The van der Waals surface area contributed by atoms with E-state index in [2.05, 4.69) is 26.3 Å². The summed E-state index contributed by atoms with van der Waals surface area (Å²) in [6.45, 7) is 2.05. The number of hydrogen-bond acceptors (Lipinski definition) is 9. The lowest BCUT2D eigenvalue weighted by Crippen LogP contribution is -2.49. The van der Waals surface area contributed by atoms with Gasteiger partial charge in [-0.05, 0) is 31.3 Å². The first-order valence-corrected chi connectivity index (χ1v) is 12.5. The lowest BCUT2D eigenvalue weighted by molar-refractivity contribution is 0.143. The first-order chi connectivity index (χ1) is 15.5. The number of aromatic nitrogens is 4. The average Bonchev–Trinajstić information content (AvgIpc) is 2.79. The van der Waals surface area contributed by atoms with E-state index in [4.69, 9.17) is 21.6 Å². The van der Waals surface area contributed by atoms with E-state index < -0.39 is 10.8 Å². The second-order valence-corrected chi connectivity index (χ2v) is 10.5. The summed E-state index contributed by atoms with van der Waals surface area (Å²) in [5, 5.41) is 13.9. The summed E-state index contributed by atoms with van der Waals surface area (Å²) < 4.78 is 12.9. The van der Waals surface area contributed by atoms with Gasteiger partial charge in [-0.1, -0.05) is 17.7 Å². The maximum absolute atomic E-state index is 12.9. The van der Waals surface area contributed by atoms with E-state index >= 15 is 0 Å². The van der Waals surface area contributed by atoms with E-state index in [0.717, 1.165) is 31.3 Å². The molecule has 0 saturated heterocycles. The molecule has 0 amide bonds. The number of halogens is 1. The second kappa shape index (κ2) is 8.57. The predicted molar refractivity (Wildman–Crippen MR) is 126 cm³/mol. The number of fused-ring (bicyclic) bond motifs is 1. The molecule has 9 nitrogen and oxygen atoms in total. The van der Waals surface area contributed by atoms with Crippen molar-refractivity contribution in [2.75, 3.05) is 54.2 Å². The van der Waals surface area contributed by atoms with Crippen LogP contribution >= 0.6 is 11.6 Å². The van der Waals surface area contributed by atoms with E-state index in [1.54, 1.807) is 12.4 Å². The van der Waals surface area contributed by atoms with Gasteiger partial charge in [0.1, 0.15) is 4.90 Å². The Kier molecular flexibility index (Phi) is 5.77. The molecule has 2 aliphatic heterocycles. The van der Waals surface area contributed by atoms with Gasteiger partial charge < -0.3 is 20.2 Å². The van der Waals surface area contributed by atoms with Gasteiger partial charge in [-0.3, -0.25) is 4.21 Å². The fourth-order valence-corrected chi connectivity index (χ4v) is 5.72. The van der Waals surface area contributed by atoms with E-state index in [1.807, 2.05) is 11.9 Å². The van der Waals surface area contributed by atoms with Crippen molar-refractivity contribution in [2.45, 2.75) is 36.1 Å². The van der Waals surface area contributed by atoms with Crippen LogP contribution in [0.4, 0.5) is 17.6 Å². The molecule has 1 saturated carbocycles. The molecule has 1 aliphatic carbocycles. The molecule has 1 fully saturated rings. The molecular formula is C21H26ClN7O2S. The summed E-state index contributed by atoms with van der Waals surface area (Å²) in [6, 6.07) is 0. The first kappa shape index (κ1) is 21.5. The van der Waals surface area contributed by atoms with Gasteiger partial charge in [0.15, 0.2) is 17.5 Å². The van der Waals surface area contributed by atoms with Gasteiger partial charge in [0, 0.05) is 44.8 Å². The summed E-state index contributed by atoms with van der Waals surface area (Å²) in [5.74, 6) is 3.11. The number of hydrogen-bond donors (Lipinski definition) is 2. The fourth-order valence-electron chi connectivity index (χ4n) is 4.26. The van der Waals surface area contributed by atoms with Crippen LogP contribution in [0.25, 0.3) is 5.57 Å². The van der Waals surface area contributed by atoms with Gasteiger partial charge >= 0.3 is 0 Å². The van der Waals surface area contributed by atoms with Crippen molar-refractivity contribution in [2.24, 2.45) is 0 Å². The molecule has 11 heteroatoms. The Morgan fingerprint density at radius 2 is 2.03 bits per heavy atom. The van der Waals surface area contributed by atoms with Gasteiger partial charge in [-0.25, -0.2) is 9.97 Å². The Bertz CT molecular complexity index is 1070. The third-order valence-corrected chi connectivity index (χ3v) is 8.01. The number of anilines is 3. The largest absolute Gasteiger partial charge is 0.394 e. The van der Waals surface area contributed by atoms with E-state index in [-0.39, 0.29) is 12.1 Å². The summed E-state index contributed by atoms with van der Waals surface area (Å²) >= 11 is 5.90. The van der Waals surface area contributed by atoms with Crippen LogP contribution in [-0.4, -0.2) is 73.8 Å². The molecule has 1 atom stereocenters. The minimum absolute atomic E-state index is 0.0283. The highest BCUT2D eigenvalue weighted by atomic mass is 35.5. The summed E-state index contributed by atoms with van der Waals surface area (Å²) in [6.07, 6.45) is 8.86. The number of aliphatic hydroxyl groups excluding tert-OH is 1. The monoisotopic (exact) mass is 475 g/mol. The summed E-state index contributed by atoms with van der Waals surface area (Å²) in [5.41, 5.74) is 0.682. The lowest BCUT2D eigenvalue weighted by Gasteiger charge is -2.42. The third-order valence-electron chi connectivity index (χ3n) is 6.43. The first-order valence-electron chi connectivity index (χ1n) is 10.8. The highest BCUT2D eigenvalue weighted by Gasteiger charge is 2.39. The number of rotatable bonds is 5. The quantitative estimate of drug-likeness (QED) is 0.672. The van der Waals surface area contributed by atoms with Crippen LogP contribution in [0.15, 0.2) is 23.4 Å². The zero-order chi connectivity index (χ0) is 22.3. The van der Waals surface area contributed by atoms with Gasteiger partial charge in [-0.2, -0.15) is 9.97 Å². The van der Waals surface area contributed by atoms with Crippen LogP contribution in [-0.2, 0) is 10.8 Å². The van der Waals surface area contributed by atoms with Crippen molar-refractivity contribution in [1.82, 2.24) is 19.9 Å². The topological polar surface area (TPSA) is 107 Å². The van der Waals surface area contributed by atoms with Crippen molar-refractivity contribution >= 4 is 45.6 Å². The third kappa shape index (κ3) is 3.95. The molecule has 5 rings (SSSR count). The zero-order valence-electron chi connectivity index (χ0n) is 17.9. The Morgan fingerprint density at radius 1 is 1.25 bits per heavy atom. The van der Waals surface area contributed by atoms with E-state index in [1.165, 1.54) is 0 Å². The van der Waals surface area contributed by atoms with Gasteiger partial charge in [0.25, 0.3) is 0 Å². The molecule has 2 N–H and O–H groups in total. The van der Waals surface area contributed by atoms with Gasteiger partial charge in [0.05, 0.1) is 28.0 Å². The average molecular weight is 476 g/mol. The molecule has 32 heavy (non-hydrogen) atoms. The van der Waals surface area contributed by atoms with Crippen molar-refractivity contribution in [3.8, 4) is 0 Å². The molecule has 3 aliphatic rings. The summed E-state index contributed by atoms with van der Waals surface area (Å²) in [7, 11) is 0.789. The Hall–Kier alpha value is -2.30. The number of aliphatic hydroxyl groups is 1. The standard InChI is InChI=1S/C21H26ClN7O2S/c1-28-9-10-32(31)16-18(27-21(13-30)5-2-6-21)25-20(26-19(16)28)29-7-3-14(4-8-29)17-23-11-15(22)12-24-17/h3,11-12,30H,2,4-10,13H2,1H3,(H,25,26,27)/t32-/m0/s1. The number of nitrogens with zero attached hydrogens (tertiary/aromatic N) is 6. The molecular weight excluding hydrogens is 450 g/mol. The SMILES string of the molecule is CN1CC[S@](=O)c2c(NC3(CO)CCC3)nc(N3CC=C(c4ncc(Cl)cn4)CC3)nc21. The molecule has 170 valence electrons. The van der Waals surface area contributed by atoms with Crippen LogP contribution in [0.2, 0.25) is 5.02 Å². The maximum atomic E-state index is 12.9. The molecule has 0 radical (unpaired) electrons. The minimum Gasteiger partial charge on any atom is -0.394 e. The highest BCUT2D eigenvalue weighted by molar-refractivity contribution is 7.85. The van der Waals surface area contributed by atoms with Crippen LogP contribution in [0.1, 0.15) is 31.5 Å². The van der Waals surface area contributed by atoms with Crippen LogP contribution in [0, 0.1) is 0 Å². The summed E-state index contributed by atoms with van der Waals surface area (Å²) in [4.78, 5) is 23.0. The van der Waals surface area contributed by atoms with E-state index in [9.17, 15) is 9.32 Å². The lowest BCUT2D eigenvalue weighted by atomic mass is 9.77. The molecule has 4 heterocycles. The van der Waals surface area contributed by atoms with Gasteiger partial charge in [0.2, 0.25) is 5.95 Å². The van der Waals surface area contributed by atoms with Crippen LogP contribution in [0.5, 0.6) is 0 Å². The predicted octanol–water partition coefficient (Wildman–Crippen LogP) is 2.10. The molecule has 0 spiro atoms. The van der Waals surface area contributed by atoms with Crippen molar-refractivity contribution in [3.05, 3.63) is 29.3 Å². The Labute approximate surface area is 194 Å². The molecule has 2 aromatic heterocycles. The van der Waals surface area contributed by atoms with Crippen LogP contribution in [0.3, 0.4) is 0 Å². The van der Waals surface area contributed by atoms with Crippen molar-refractivity contribution in [3.63, 3.8) is 0 Å². The van der Waals surface area contributed by atoms with Crippen LogP contribution < -0.4 is 15.1 Å².